The van der Waals surface area contributed by atoms with Crippen molar-refractivity contribution in [1.29, 1.82) is 0 Å². The van der Waals surface area contributed by atoms with E-state index in [1.807, 2.05) is 37.3 Å². The molecule has 100 valence electrons. The highest BCUT2D eigenvalue weighted by Gasteiger charge is 2.35. The van der Waals surface area contributed by atoms with E-state index in [2.05, 4.69) is 0 Å². The molecular formula is C14H20O4. The zero-order valence-electron chi connectivity index (χ0n) is 10.5. The molecule has 0 aliphatic carbocycles. The number of aliphatic hydroxyl groups excluding tert-OH is 2. The van der Waals surface area contributed by atoms with Gasteiger partial charge in [0.25, 0.3) is 0 Å². The summed E-state index contributed by atoms with van der Waals surface area (Å²) in [6.07, 6.45) is -0.679. The van der Waals surface area contributed by atoms with Gasteiger partial charge in [-0.1, -0.05) is 37.3 Å². The molecule has 1 aliphatic rings. The Morgan fingerprint density at radius 3 is 2.72 bits per heavy atom. The van der Waals surface area contributed by atoms with Crippen LogP contribution < -0.4 is 0 Å². The number of rotatable bonds is 4. The first-order valence-corrected chi connectivity index (χ1v) is 6.30. The Hall–Kier alpha value is -0.940. The van der Waals surface area contributed by atoms with E-state index in [4.69, 9.17) is 14.6 Å². The average Bonchev–Trinajstić information content (AvgIpc) is 2.41. The Morgan fingerprint density at radius 1 is 1.33 bits per heavy atom. The van der Waals surface area contributed by atoms with Gasteiger partial charge in [0.05, 0.1) is 25.4 Å². The summed E-state index contributed by atoms with van der Waals surface area (Å²) >= 11 is 0. The number of hydrogen-bond acceptors (Lipinski definition) is 4. The fourth-order valence-corrected chi connectivity index (χ4v) is 2.15. The summed E-state index contributed by atoms with van der Waals surface area (Å²) in [6, 6.07) is 9.91. The maximum atomic E-state index is 9.73. The summed E-state index contributed by atoms with van der Waals surface area (Å²) < 4.78 is 11.1. The molecule has 2 rings (SSSR count). The second-order valence-corrected chi connectivity index (χ2v) is 4.76. The molecule has 1 heterocycles. The molecule has 0 bridgehead atoms. The lowest BCUT2D eigenvalue weighted by atomic mass is 9.95. The minimum atomic E-state index is -0.864. The lowest BCUT2D eigenvalue weighted by molar-refractivity contribution is -0.236. The largest absolute Gasteiger partial charge is 0.394 e. The fraction of sp³-hybridized carbons (Fsp3) is 0.571. The first kappa shape index (κ1) is 13.5. The van der Waals surface area contributed by atoms with Crippen LogP contribution in [0.2, 0.25) is 0 Å². The van der Waals surface area contributed by atoms with Crippen LogP contribution in [0.5, 0.6) is 0 Å². The smallest absolute Gasteiger partial charge is 0.160 e. The zero-order valence-corrected chi connectivity index (χ0v) is 10.5. The lowest BCUT2D eigenvalue weighted by Gasteiger charge is -2.37. The predicted molar refractivity (Wildman–Crippen MR) is 66.8 cm³/mol. The number of hydrogen-bond donors (Lipinski definition) is 2. The molecule has 4 nitrogen and oxygen atoms in total. The van der Waals surface area contributed by atoms with Gasteiger partial charge >= 0.3 is 0 Å². The van der Waals surface area contributed by atoms with Crippen LogP contribution in [0.1, 0.15) is 18.9 Å². The first-order valence-electron chi connectivity index (χ1n) is 6.30. The molecule has 1 fully saturated rings. The third-order valence-electron chi connectivity index (χ3n) is 3.37. The highest BCUT2D eigenvalue weighted by molar-refractivity contribution is 5.13. The molecule has 0 saturated carbocycles. The average molecular weight is 252 g/mol. The Bertz CT molecular complexity index is 354. The van der Waals surface area contributed by atoms with Crippen molar-refractivity contribution < 1.29 is 19.7 Å². The van der Waals surface area contributed by atoms with Crippen LogP contribution >= 0.6 is 0 Å². The Labute approximate surface area is 107 Å². The molecule has 0 amide bonds. The third-order valence-corrected chi connectivity index (χ3v) is 3.37. The van der Waals surface area contributed by atoms with Crippen molar-refractivity contribution in [2.24, 2.45) is 5.92 Å². The van der Waals surface area contributed by atoms with Crippen molar-refractivity contribution in [2.45, 2.75) is 38.4 Å². The molecule has 1 saturated heterocycles. The fourth-order valence-electron chi connectivity index (χ4n) is 2.15. The van der Waals surface area contributed by atoms with E-state index in [9.17, 15) is 5.11 Å². The van der Waals surface area contributed by atoms with Gasteiger partial charge in [0, 0.05) is 12.3 Å². The lowest BCUT2D eigenvalue weighted by Crippen LogP contribution is -2.45. The maximum absolute atomic E-state index is 9.73. The highest BCUT2D eigenvalue weighted by Crippen LogP contribution is 2.27. The number of ether oxygens (including phenoxy) is 2. The normalized spacial score (nSPS) is 32.4. The third kappa shape index (κ3) is 3.29. The summed E-state index contributed by atoms with van der Waals surface area (Å²) in [5.41, 5.74) is 1.10. The van der Waals surface area contributed by atoms with Gasteiger partial charge in [-0.05, 0) is 5.56 Å². The minimum Gasteiger partial charge on any atom is -0.394 e. The van der Waals surface area contributed by atoms with E-state index in [0.717, 1.165) is 5.56 Å². The van der Waals surface area contributed by atoms with E-state index >= 15 is 0 Å². The van der Waals surface area contributed by atoms with E-state index in [0.29, 0.717) is 13.0 Å². The summed E-state index contributed by atoms with van der Waals surface area (Å²) in [6.45, 7) is 2.32. The highest BCUT2D eigenvalue weighted by atomic mass is 16.6. The second-order valence-electron chi connectivity index (χ2n) is 4.76. The number of benzene rings is 1. The van der Waals surface area contributed by atoms with Crippen LogP contribution in [0.3, 0.4) is 0 Å². The molecule has 2 N–H and O–H groups in total. The van der Waals surface area contributed by atoms with Crippen LogP contribution in [0.25, 0.3) is 0 Å². The van der Waals surface area contributed by atoms with E-state index in [1.54, 1.807) is 0 Å². The number of aliphatic hydroxyl groups is 2. The predicted octanol–water partition coefficient (Wildman–Crippen LogP) is 1.31. The van der Waals surface area contributed by atoms with Crippen LogP contribution in [-0.2, 0) is 16.1 Å². The topological polar surface area (TPSA) is 58.9 Å². The van der Waals surface area contributed by atoms with Crippen molar-refractivity contribution in [2.75, 3.05) is 6.61 Å². The molecule has 4 atom stereocenters. The summed E-state index contributed by atoms with van der Waals surface area (Å²) in [5.74, 6) is -0.0866. The van der Waals surface area contributed by atoms with E-state index in [-0.39, 0.29) is 24.7 Å². The Balaban J connectivity index is 1.91. The van der Waals surface area contributed by atoms with Crippen molar-refractivity contribution in [1.82, 2.24) is 0 Å². The van der Waals surface area contributed by atoms with E-state index < -0.39 is 6.29 Å². The molecule has 1 aliphatic heterocycles. The zero-order chi connectivity index (χ0) is 13.0. The summed E-state index contributed by atoms with van der Waals surface area (Å²) in [4.78, 5) is 0. The molecular weight excluding hydrogens is 232 g/mol. The Morgan fingerprint density at radius 2 is 2.06 bits per heavy atom. The maximum Gasteiger partial charge on any atom is 0.160 e. The molecule has 1 aromatic carbocycles. The molecule has 1 unspecified atom stereocenters. The van der Waals surface area contributed by atoms with Crippen LogP contribution in [0.4, 0.5) is 0 Å². The van der Waals surface area contributed by atoms with Gasteiger partial charge in [-0.25, -0.2) is 0 Å². The molecule has 4 heteroatoms. The Kier molecular flexibility index (Phi) is 4.72. The van der Waals surface area contributed by atoms with Crippen molar-refractivity contribution in [3.63, 3.8) is 0 Å². The first-order chi connectivity index (χ1) is 8.70. The van der Waals surface area contributed by atoms with Gasteiger partial charge in [-0.15, -0.1) is 0 Å². The second kappa shape index (κ2) is 6.29. The van der Waals surface area contributed by atoms with Gasteiger partial charge in [-0.3, -0.25) is 0 Å². The summed E-state index contributed by atoms with van der Waals surface area (Å²) in [7, 11) is 0. The van der Waals surface area contributed by atoms with Crippen LogP contribution in [0.15, 0.2) is 30.3 Å². The quantitative estimate of drug-likeness (QED) is 0.848. The molecule has 0 radical (unpaired) electrons. The van der Waals surface area contributed by atoms with E-state index in [1.165, 1.54) is 0 Å². The van der Waals surface area contributed by atoms with Crippen molar-refractivity contribution in [3.8, 4) is 0 Å². The summed E-state index contributed by atoms with van der Waals surface area (Å²) in [5, 5.41) is 18.8. The van der Waals surface area contributed by atoms with Gasteiger partial charge in [0.1, 0.15) is 0 Å². The van der Waals surface area contributed by atoms with Crippen LogP contribution in [0, 0.1) is 5.92 Å². The molecule has 0 spiro atoms. The van der Waals surface area contributed by atoms with Gasteiger partial charge in [-0.2, -0.15) is 0 Å². The van der Waals surface area contributed by atoms with Gasteiger partial charge in [0.2, 0.25) is 0 Å². The van der Waals surface area contributed by atoms with Crippen molar-refractivity contribution >= 4 is 0 Å². The standard InChI is InChI=1S/C14H20O4/c1-10-13(7-12(8-15)18-14(10)16)17-9-11-5-3-2-4-6-11/h2-6,10,12-16H,7-9H2,1H3/t10-,12-,13-,14?/m0/s1. The monoisotopic (exact) mass is 252 g/mol. The van der Waals surface area contributed by atoms with Gasteiger partial charge < -0.3 is 19.7 Å². The SMILES string of the molecule is C[C@@H]1C(O)O[C@H](CO)C[C@@H]1OCc1ccccc1. The molecule has 18 heavy (non-hydrogen) atoms. The molecule has 1 aromatic rings. The van der Waals surface area contributed by atoms with Crippen molar-refractivity contribution in [3.05, 3.63) is 35.9 Å². The molecule has 0 aromatic heterocycles. The van der Waals surface area contributed by atoms with Crippen LogP contribution in [-0.4, -0.2) is 35.3 Å². The van der Waals surface area contributed by atoms with Gasteiger partial charge in [0.15, 0.2) is 6.29 Å². The minimum absolute atomic E-state index is 0.0866.